The number of hydrogen-bond acceptors (Lipinski definition) is 1. The molecular formula is C8H15NO. The van der Waals surface area contributed by atoms with Gasteiger partial charge in [0.05, 0.1) is 0 Å². The minimum atomic E-state index is 0.240. The van der Waals surface area contributed by atoms with E-state index in [1.54, 1.807) is 0 Å². The topological polar surface area (TPSA) is 29.1 Å². The zero-order chi connectivity index (χ0) is 7.40. The van der Waals surface area contributed by atoms with Crippen LogP contribution in [0.5, 0.6) is 0 Å². The van der Waals surface area contributed by atoms with E-state index >= 15 is 0 Å². The molecule has 1 aliphatic heterocycles. The molecule has 0 aromatic carbocycles. The number of carbonyl (C=O) groups excluding carboxylic acids is 1. The minimum Gasteiger partial charge on any atom is -0.356 e. The van der Waals surface area contributed by atoms with Crippen LogP contribution in [0, 0.1) is 5.92 Å². The van der Waals surface area contributed by atoms with Gasteiger partial charge in [-0.1, -0.05) is 19.8 Å². The van der Waals surface area contributed by atoms with Crippen LogP contribution in [-0.4, -0.2) is 12.5 Å². The molecule has 1 saturated heterocycles. The molecule has 0 aromatic rings. The Kier molecular flexibility index (Phi) is 2.72. The maximum Gasteiger partial charge on any atom is 0.220 e. The van der Waals surface area contributed by atoms with Crippen molar-refractivity contribution < 1.29 is 4.79 Å². The standard InChI is InChI=1S/C8H15NO/c1-2-3-7-4-5-9-8(10)6-7/h7H,2-6H2,1H3,(H,9,10)/t7-/m1/s1. The lowest BCUT2D eigenvalue weighted by Gasteiger charge is -2.20. The molecule has 2 heteroatoms. The number of piperidine rings is 1. The molecule has 0 saturated carbocycles. The molecule has 0 aliphatic carbocycles. The van der Waals surface area contributed by atoms with Crippen molar-refractivity contribution in [2.45, 2.75) is 32.6 Å². The fraction of sp³-hybridized carbons (Fsp3) is 0.875. The molecule has 1 heterocycles. The Balaban J connectivity index is 2.25. The van der Waals surface area contributed by atoms with Crippen LogP contribution in [0.25, 0.3) is 0 Å². The molecule has 1 fully saturated rings. The molecule has 0 aromatic heterocycles. The third-order valence-electron chi connectivity index (χ3n) is 2.05. The van der Waals surface area contributed by atoms with Gasteiger partial charge in [0.15, 0.2) is 0 Å². The Bertz CT molecular complexity index is 120. The van der Waals surface area contributed by atoms with Crippen LogP contribution in [0.1, 0.15) is 32.6 Å². The Morgan fingerprint density at radius 3 is 3.10 bits per heavy atom. The highest BCUT2D eigenvalue weighted by atomic mass is 16.1. The van der Waals surface area contributed by atoms with Crippen molar-refractivity contribution in [2.75, 3.05) is 6.54 Å². The third kappa shape index (κ3) is 2.01. The second-order valence-corrected chi connectivity index (χ2v) is 3.00. The van der Waals surface area contributed by atoms with Gasteiger partial charge in [-0.3, -0.25) is 4.79 Å². The summed E-state index contributed by atoms with van der Waals surface area (Å²) in [5.41, 5.74) is 0. The van der Waals surface area contributed by atoms with Gasteiger partial charge in [0.1, 0.15) is 0 Å². The summed E-state index contributed by atoms with van der Waals surface area (Å²) in [4.78, 5) is 10.8. The number of carbonyl (C=O) groups is 1. The molecular weight excluding hydrogens is 126 g/mol. The van der Waals surface area contributed by atoms with Gasteiger partial charge in [-0.05, 0) is 12.3 Å². The van der Waals surface area contributed by atoms with Crippen LogP contribution in [0.2, 0.25) is 0 Å². The number of nitrogens with one attached hydrogen (secondary N) is 1. The minimum absolute atomic E-state index is 0.240. The average molecular weight is 141 g/mol. The first-order chi connectivity index (χ1) is 4.83. The van der Waals surface area contributed by atoms with E-state index in [1.165, 1.54) is 19.3 Å². The second-order valence-electron chi connectivity index (χ2n) is 3.00. The van der Waals surface area contributed by atoms with E-state index in [1.807, 2.05) is 0 Å². The van der Waals surface area contributed by atoms with Crippen LogP contribution in [-0.2, 0) is 4.79 Å². The van der Waals surface area contributed by atoms with E-state index in [4.69, 9.17) is 0 Å². The van der Waals surface area contributed by atoms with Crippen molar-refractivity contribution in [3.63, 3.8) is 0 Å². The summed E-state index contributed by atoms with van der Waals surface area (Å²) in [5.74, 6) is 0.906. The van der Waals surface area contributed by atoms with Crippen molar-refractivity contribution in [3.05, 3.63) is 0 Å². The summed E-state index contributed by atoms with van der Waals surface area (Å²) in [6.45, 7) is 3.07. The third-order valence-corrected chi connectivity index (χ3v) is 2.05. The van der Waals surface area contributed by atoms with Crippen molar-refractivity contribution in [3.8, 4) is 0 Å². The molecule has 1 rings (SSSR count). The number of amides is 1. The first-order valence-corrected chi connectivity index (χ1v) is 4.09. The molecule has 0 spiro atoms. The van der Waals surface area contributed by atoms with Gasteiger partial charge in [0.2, 0.25) is 5.91 Å². The highest BCUT2D eigenvalue weighted by Crippen LogP contribution is 2.17. The normalized spacial score (nSPS) is 26.1. The van der Waals surface area contributed by atoms with Crippen LogP contribution in [0.3, 0.4) is 0 Å². The van der Waals surface area contributed by atoms with Crippen LogP contribution in [0.4, 0.5) is 0 Å². The van der Waals surface area contributed by atoms with Gasteiger partial charge in [-0.15, -0.1) is 0 Å². The summed E-state index contributed by atoms with van der Waals surface area (Å²) in [6.07, 6.45) is 4.36. The SMILES string of the molecule is CCC[C@@H]1CCNC(=O)C1. The zero-order valence-corrected chi connectivity index (χ0v) is 6.52. The average Bonchev–Trinajstić information content (AvgIpc) is 1.88. The quantitative estimate of drug-likeness (QED) is 0.617. The Morgan fingerprint density at radius 1 is 1.70 bits per heavy atom. The van der Waals surface area contributed by atoms with Crippen molar-refractivity contribution in [1.82, 2.24) is 5.32 Å². The van der Waals surface area contributed by atoms with Crippen LogP contribution >= 0.6 is 0 Å². The maximum atomic E-state index is 10.8. The van der Waals surface area contributed by atoms with Gasteiger partial charge in [-0.25, -0.2) is 0 Å². The van der Waals surface area contributed by atoms with E-state index in [0.29, 0.717) is 5.92 Å². The van der Waals surface area contributed by atoms with Crippen LogP contribution in [0.15, 0.2) is 0 Å². The lowest BCUT2D eigenvalue weighted by Crippen LogP contribution is -2.33. The second kappa shape index (κ2) is 3.59. The molecule has 10 heavy (non-hydrogen) atoms. The lowest BCUT2D eigenvalue weighted by atomic mass is 9.93. The fourth-order valence-electron chi connectivity index (χ4n) is 1.51. The molecule has 58 valence electrons. The molecule has 2 nitrogen and oxygen atoms in total. The number of rotatable bonds is 2. The van der Waals surface area contributed by atoms with E-state index < -0.39 is 0 Å². The maximum absolute atomic E-state index is 10.8. The highest BCUT2D eigenvalue weighted by molar-refractivity contribution is 5.76. The molecule has 0 bridgehead atoms. The molecule has 1 aliphatic rings. The van der Waals surface area contributed by atoms with E-state index in [9.17, 15) is 4.79 Å². The Labute approximate surface area is 62.0 Å². The zero-order valence-electron chi connectivity index (χ0n) is 6.52. The molecule has 0 unspecified atom stereocenters. The summed E-state index contributed by atoms with van der Waals surface area (Å²) in [6, 6.07) is 0. The van der Waals surface area contributed by atoms with E-state index in [-0.39, 0.29) is 5.91 Å². The summed E-state index contributed by atoms with van der Waals surface area (Å²) >= 11 is 0. The first-order valence-electron chi connectivity index (χ1n) is 4.09. The van der Waals surface area contributed by atoms with E-state index in [2.05, 4.69) is 12.2 Å². The van der Waals surface area contributed by atoms with Crippen LogP contribution < -0.4 is 5.32 Å². The first kappa shape index (κ1) is 7.58. The van der Waals surface area contributed by atoms with Gasteiger partial charge >= 0.3 is 0 Å². The summed E-state index contributed by atoms with van der Waals surface area (Å²) < 4.78 is 0. The largest absolute Gasteiger partial charge is 0.356 e. The summed E-state index contributed by atoms with van der Waals surface area (Å²) in [7, 11) is 0. The molecule has 1 N–H and O–H groups in total. The molecule has 0 radical (unpaired) electrons. The Morgan fingerprint density at radius 2 is 2.50 bits per heavy atom. The van der Waals surface area contributed by atoms with E-state index in [0.717, 1.165) is 13.0 Å². The van der Waals surface area contributed by atoms with Crippen molar-refractivity contribution in [2.24, 2.45) is 5.92 Å². The Hall–Kier alpha value is -0.530. The van der Waals surface area contributed by atoms with Gasteiger partial charge in [0.25, 0.3) is 0 Å². The smallest absolute Gasteiger partial charge is 0.220 e. The van der Waals surface area contributed by atoms with Gasteiger partial charge in [-0.2, -0.15) is 0 Å². The van der Waals surface area contributed by atoms with Gasteiger partial charge in [0, 0.05) is 13.0 Å². The fourth-order valence-corrected chi connectivity index (χ4v) is 1.51. The van der Waals surface area contributed by atoms with Gasteiger partial charge < -0.3 is 5.32 Å². The molecule has 1 atom stereocenters. The van der Waals surface area contributed by atoms with Crippen molar-refractivity contribution >= 4 is 5.91 Å². The predicted molar refractivity (Wildman–Crippen MR) is 40.6 cm³/mol. The molecule has 1 amide bonds. The highest BCUT2D eigenvalue weighted by Gasteiger charge is 2.17. The predicted octanol–water partition coefficient (Wildman–Crippen LogP) is 1.31. The number of hydrogen-bond donors (Lipinski definition) is 1. The monoisotopic (exact) mass is 141 g/mol. The summed E-state index contributed by atoms with van der Waals surface area (Å²) in [5, 5.41) is 2.83. The van der Waals surface area contributed by atoms with Crippen molar-refractivity contribution in [1.29, 1.82) is 0 Å². The lowest BCUT2D eigenvalue weighted by molar-refractivity contribution is -0.123.